The van der Waals surface area contributed by atoms with Gasteiger partial charge in [0.25, 0.3) is 0 Å². The number of aromatic nitrogens is 1. The number of ether oxygens (including phenoxy) is 4. The van der Waals surface area contributed by atoms with E-state index in [2.05, 4.69) is 27.0 Å². The number of carbonyl (C=O) groups excluding carboxylic acids is 2. The Bertz CT molecular complexity index is 1950. The molecular weight excluding hydrogens is 624 g/mol. The van der Waals surface area contributed by atoms with Crippen LogP contribution >= 0.6 is 0 Å². The van der Waals surface area contributed by atoms with Gasteiger partial charge in [-0.15, -0.1) is 0 Å². The molecule has 2 aliphatic rings. The summed E-state index contributed by atoms with van der Waals surface area (Å²) in [4.78, 5) is 42.4. The van der Waals surface area contributed by atoms with E-state index in [1.807, 2.05) is 24.3 Å². The quantitative estimate of drug-likeness (QED) is 0.149. The molecule has 6 rings (SSSR count). The monoisotopic (exact) mass is 668 g/mol. The lowest BCUT2D eigenvalue weighted by molar-refractivity contribution is -0.122. The maximum absolute atomic E-state index is 13.6. The van der Waals surface area contributed by atoms with E-state index in [1.165, 1.54) is 12.5 Å². The number of methoxy groups -OCH3 is 4. The van der Waals surface area contributed by atoms with Gasteiger partial charge in [-0.25, -0.2) is 0 Å². The molecule has 0 aliphatic heterocycles. The van der Waals surface area contributed by atoms with Crippen molar-refractivity contribution in [2.24, 2.45) is 0 Å². The minimum atomic E-state index is -0.391. The summed E-state index contributed by atoms with van der Waals surface area (Å²) in [5.74, 6) is 2.09. The summed E-state index contributed by atoms with van der Waals surface area (Å²) >= 11 is 0. The van der Waals surface area contributed by atoms with Gasteiger partial charge in [0.05, 0.1) is 46.2 Å². The van der Waals surface area contributed by atoms with Gasteiger partial charge in [0.1, 0.15) is 5.75 Å². The molecule has 0 fully saturated rings. The van der Waals surface area contributed by atoms with Crippen LogP contribution in [0, 0.1) is 0 Å². The highest BCUT2D eigenvalue weighted by molar-refractivity contribution is 5.87. The van der Waals surface area contributed by atoms with E-state index in [0.717, 1.165) is 58.3 Å². The minimum absolute atomic E-state index is 0.0326. The molecule has 0 spiro atoms. The predicted molar refractivity (Wildman–Crippen MR) is 189 cm³/mol. The lowest BCUT2D eigenvalue weighted by Gasteiger charge is -2.24. The van der Waals surface area contributed by atoms with E-state index in [9.17, 15) is 14.4 Å². The summed E-state index contributed by atoms with van der Waals surface area (Å²) < 4.78 is 22.6. The number of hydrogen-bond donors (Lipinski definition) is 4. The van der Waals surface area contributed by atoms with E-state index in [-0.39, 0.29) is 23.3 Å². The first-order valence-electron chi connectivity index (χ1n) is 16.8. The molecule has 4 aromatic rings. The van der Waals surface area contributed by atoms with E-state index in [4.69, 9.17) is 18.9 Å². The third kappa shape index (κ3) is 6.75. The molecule has 1 heterocycles. The van der Waals surface area contributed by atoms with Crippen LogP contribution < -0.4 is 40.3 Å². The van der Waals surface area contributed by atoms with Crippen molar-refractivity contribution in [2.45, 2.75) is 64.0 Å². The Labute approximate surface area is 285 Å². The van der Waals surface area contributed by atoms with Crippen LogP contribution in [0.4, 0.5) is 5.69 Å². The molecule has 0 radical (unpaired) electrons. The van der Waals surface area contributed by atoms with Crippen molar-refractivity contribution in [3.8, 4) is 34.1 Å². The first-order chi connectivity index (χ1) is 23.8. The number of anilines is 1. The fourth-order valence-electron chi connectivity index (χ4n) is 7.31. The van der Waals surface area contributed by atoms with Crippen molar-refractivity contribution in [3.63, 3.8) is 0 Å². The van der Waals surface area contributed by atoms with Gasteiger partial charge in [-0.3, -0.25) is 14.4 Å². The zero-order valence-electron chi connectivity index (χ0n) is 28.7. The van der Waals surface area contributed by atoms with E-state index >= 15 is 0 Å². The largest absolute Gasteiger partial charge is 0.497 e. The summed E-state index contributed by atoms with van der Waals surface area (Å²) in [7, 11) is 6.37. The van der Waals surface area contributed by atoms with Crippen molar-refractivity contribution in [2.75, 3.05) is 40.3 Å². The van der Waals surface area contributed by atoms with E-state index in [0.29, 0.717) is 60.7 Å². The standard InChI is InChI=1S/C38H44N4O7/c1-21(43)40-28-14-11-22-18-33(47-3)37(48-4)38(49-5)35(22)24-13-16-30(32(44)20-27(24)28)39-17-7-10-34(45)41-31-9-6-8-25-26-19-23(46-2)12-15-29(26)42-36(25)31/h12-13,15-16,18-20,28,31,42H,6-11,14,17H2,1-5H3,(H,39,44)(H,40,43)(H,41,45). The normalized spacial score (nSPS) is 16.3. The third-order valence-electron chi connectivity index (χ3n) is 9.56. The van der Waals surface area contributed by atoms with Gasteiger partial charge < -0.3 is 39.9 Å². The van der Waals surface area contributed by atoms with Crippen LogP contribution in [0.3, 0.4) is 0 Å². The van der Waals surface area contributed by atoms with Crippen LogP contribution in [0.5, 0.6) is 23.0 Å². The Morgan fingerprint density at radius 3 is 2.43 bits per heavy atom. The molecule has 1 aromatic heterocycles. The molecule has 2 amide bonds. The molecule has 2 aliphatic carbocycles. The predicted octanol–water partition coefficient (Wildman–Crippen LogP) is 5.74. The minimum Gasteiger partial charge on any atom is -0.497 e. The number of nitrogens with one attached hydrogen (secondary N) is 4. The molecule has 2 atom stereocenters. The Hall–Kier alpha value is -5.19. The molecule has 0 saturated heterocycles. The number of hydrogen-bond acceptors (Lipinski definition) is 8. The second-order valence-corrected chi connectivity index (χ2v) is 12.6. The summed E-state index contributed by atoms with van der Waals surface area (Å²) in [5, 5.41) is 10.6. The molecule has 11 heteroatoms. The van der Waals surface area contributed by atoms with Gasteiger partial charge in [0.2, 0.25) is 23.0 Å². The molecule has 0 bridgehead atoms. The summed E-state index contributed by atoms with van der Waals surface area (Å²) in [6, 6.07) is 12.7. The topological polar surface area (TPSA) is 140 Å². The second kappa shape index (κ2) is 14.5. The number of carbonyl (C=O) groups is 2. The number of aromatic amines is 1. The molecule has 4 N–H and O–H groups in total. The molecule has 2 unspecified atom stereocenters. The van der Waals surface area contributed by atoms with Crippen LogP contribution in [-0.4, -0.2) is 51.8 Å². The zero-order valence-corrected chi connectivity index (χ0v) is 28.7. The Kier molecular flexibility index (Phi) is 9.98. The lowest BCUT2D eigenvalue weighted by Crippen LogP contribution is -2.31. The first kappa shape index (κ1) is 33.7. The van der Waals surface area contributed by atoms with Crippen LogP contribution in [-0.2, 0) is 22.4 Å². The average Bonchev–Trinajstić information content (AvgIpc) is 3.32. The third-order valence-corrected chi connectivity index (χ3v) is 9.56. The highest BCUT2D eigenvalue weighted by Crippen LogP contribution is 2.50. The van der Waals surface area contributed by atoms with Gasteiger partial charge in [-0.05, 0) is 97.2 Å². The van der Waals surface area contributed by atoms with Crippen LogP contribution in [0.25, 0.3) is 22.0 Å². The highest BCUT2D eigenvalue weighted by atomic mass is 16.5. The second-order valence-electron chi connectivity index (χ2n) is 12.6. The van der Waals surface area contributed by atoms with Gasteiger partial charge in [-0.2, -0.15) is 0 Å². The smallest absolute Gasteiger partial charge is 0.220 e. The molecular formula is C38H44N4O7. The molecule has 11 nitrogen and oxygen atoms in total. The van der Waals surface area contributed by atoms with Crippen molar-refractivity contribution >= 4 is 28.4 Å². The number of amides is 2. The number of H-pyrrole nitrogens is 1. The summed E-state index contributed by atoms with van der Waals surface area (Å²) in [5.41, 5.74) is 6.75. The SMILES string of the molecule is COc1ccc2[nH]c3c(c2c1)CCCC3NC(=O)CCCNc1ccc2c(cc1=O)C(NC(C)=O)CCc1cc(OC)c(OC)c(OC)c1-2. The van der Waals surface area contributed by atoms with Crippen LogP contribution in [0.15, 0.2) is 47.3 Å². The zero-order chi connectivity index (χ0) is 34.7. The first-order valence-corrected chi connectivity index (χ1v) is 16.8. The van der Waals surface area contributed by atoms with Gasteiger partial charge >= 0.3 is 0 Å². The average molecular weight is 669 g/mol. The lowest BCUT2D eigenvalue weighted by atomic mass is 9.91. The number of rotatable bonds is 11. The Balaban J connectivity index is 1.19. The van der Waals surface area contributed by atoms with Crippen molar-refractivity contribution in [1.82, 2.24) is 15.6 Å². The van der Waals surface area contributed by atoms with Crippen molar-refractivity contribution in [3.05, 3.63) is 75.1 Å². The van der Waals surface area contributed by atoms with Crippen LogP contribution in [0.2, 0.25) is 0 Å². The number of benzene rings is 2. The maximum atomic E-state index is 13.6. The van der Waals surface area contributed by atoms with Gasteiger partial charge in [0.15, 0.2) is 11.5 Å². The van der Waals surface area contributed by atoms with E-state index in [1.54, 1.807) is 40.6 Å². The molecule has 49 heavy (non-hydrogen) atoms. The maximum Gasteiger partial charge on any atom is 0.220 e. The Morgan fingerprint density at radius 2 is 1.69 bits per heavy atom. The molecule has 258 valence electrons. The number of fused-ring (bicyclic) bond motifs is 6. The fourth-order valence-corrected chi connectivity index (χ4v) is 7.31. The molecule has 0 saturated carbocycles. The Morgan fingerprint density at radius 1 is 0.878 bits per heavy atom. The van der Waals surface area contributed by atoms with Crippen LogP contribution in [0.1, 0.15) is 73.5 Å². The van der Waals surface area contributed by atoms with E-state index < -0.39 is 6.04 Å². The summed E-state index contributed by atoms with van der Waals surface area (Å²) in [6.07, 6.45) is 4.87. The van der Waals surface area contributed by atoms with Crippen molar-refractivity contribution in [1.29, 1.82) is 0 Å². The van der Waals surface area contributed by atoms with Gasteiger partial charge in [-0.1, -0.05) is 6.07 Å². The number of aryl methyl sites for hydroxylation is 2. The summed E-state index contributed by atoms with van der Waals surface area (Å²) in [6.45, 7) is 1.90. The highest BCUT2D eigenvalue weighted by Gasteiger charge is 2.30. The van der Waals surface area contributed by atoms with Gasteiger partial charge in [0, 0.05) is 42.0 Å². The fraction of sp³-hybridized carbons (Fsp3) is 0.395. The van der Waals surface area contributed by atoms with Crippen molar-refractivity contribution < 1.29 is 28.5 Å². The molecule has 3 aromatic carbocycles.